The lowest BCUT2D eigenvalue weighted by Gasteiger charge is -2.18. The summed E-state index contributed by atoms with van der Waals surface area (Å²) in [7, 11) is 0.924. The topological polar surface area (TPSA) is 48.4 Å². The van der Waals surface area contributed by atoms with Gasteiger partial charge in [-0.15, -0.1) is 0 Å². The van der Waals surface area contributed by atoms with Gasteiger partial charge < -0.3 is 9.47 Å². The third-order valence-corrected chi connectivity index (χ3v) is 2.52. The van der Waals surface area contributed by atoms with E-state index in [2.05, 4.69) is 14.5 Å². The third kappa shape index (κ3) is 4.02. The Morgan fingerprint density at radius 2 is 2.00 bits per heavy atom. The molecule has 0 aliphatic carbocycles. The Morgan fingerprint density at radius 1 is 1.38 bits per heavy atom. The first-order chi connectivity index (χ1) is 9.72. The zero-order chi connectivity index (χ0) is 16.2. The van der Waals surface area contributed by atoms with E-state index < -0.39 is 47.6 Å². The molecule has 0 fully saturated rings. The number of nitrogens with zero attached hydrogens (tertiary/aromatic N) is 1. The maximum Gasteiger partial charge on any atom is 0.421 e. The highest BCUT2D eigenvalue weighted by Gasteiger charge is 2.40. The summed E-state index contributed by atoms with van der Waals surface area (Å²) in [5, 5.41) is 0. The molecule has 4 nitrogen and oxygen atoms in total. The Hall–Kier alpha value is -1.93. The highest BCUT2D eigenvalue weighted by Crippen LogP contribution is 2.41. The Balaban J connectivity index is 3.48. The summed E-state index contributed by atoms with van der Waals surface area (Å²) in [6.45, 7) is 1.37. The van der Waals surface area contributed by atoms with Crippen molar-refractivity contribution in [2.75, 3.05) is 13.7 Å². The molecule has 1 heterocycles. The SMILES string of the molecule is CCOC(=O)Cc1c(C(F)F)cnc(OC)c1C(F)(F)F. The van der Waals surface area contributed by atoms with E-state index in [0.717, 1.165) is 7.11 Å². The lowest BCUT2D eigenvalue weighted by Crippen LogP contribution is -2.18. The zero-order valence-electron chi connectivity index (χ0n) is 11.1. The number of carbonyl (C=O) groups excluding carboxylic acids is 1. The molecule has 0 amide bonds. The minimum Gasteiger partial charge on any atom is -0.481 e. The first-order valence-electron chi connectivity index (χ1n) is 5.79. The minimum absolute atomic E-state index is 0.0770. The molecule has 0 atom stereocenters. The molecule has 21 heavy (non-hydrogen) atoms. The van der Waals surface area contributed by atoms with E-state index >= 15 is 0 Å². The fourth-order valence-electron chi connectivity index (χ4n) is 1.73. The van der Waals surface area contributed by atoms with Crippen molar-refractivity contribution in [3.05, 3.63) is 22.9 Å². The van der Waals surface area contributed by atoms with Gasteiger partial charge in [-0.1, -0.05) is 0 Å². The van der Waals surface area contributed by atoms with Crippen molar-refractivity contribution in [2.24, 2.45) is 0 Å². The summed E-state index contributed by atoms with van der Waals surface area (Å²) in [6.07, 6.45) is -8.59. The van der Waals surface area contributed by atoms with Gasteiger partial charge in [-0.3, -0.25) is 4.79 Å². The second kappa shape index (κ2) is 6.68. The van der Waals surface area contributed by atoms with Gasteiger partial charge in [0.05, 0.1) is 20.1 Å². The lowest BCUT2D eigenvalue weighted by atomic mass is 10.0. The molecule has 0 spiro atoms. The van der Waals surface area contributed by atoms with Crippen LogP contribution in [-0.2, 0) is 22.1 Å². The second-order valence-electron chi connectivity index (χ2n) is 3.86. The Bertz CT molecular complexity index is 516. The van der Waals surface area contributed by atoms with Gasteiger partial charge in [-0.05, 0) is 12.5 Å². The van der Waals surface area contributed by atoms with Crippen molar-refractivity contribution < 1.29 is 36.2 Å². The van der Waals surface area contributed by atoms with Gasteiger partial charge in [-0.2, -0.15) is 13.2 Å². The predicted octanol–water partition coefficient (Wildman–Crippen LogP) is 3.15. The van der Waals surface area contributed by atoms with Crippen LogP contribution < -0.4 is 4.74 Å². The van der Waals surface area contributed by atoms with Crippen LogP contribution in [-0.4, -0.2) is 24.7 Å². The number of esters is 1. The van der Waals surface area contributed by atoms with Crippen LogP contribution in [0.5, 0.6) is 5.88 Å². The largest absolute Gasteiger partial charge is 0.481 e. The Labute approximate surface area is 116 Å². The molecule has 0 radical (unpaired) electrons. The molecular weight excluding hydrogens is 301 g/mol. The molecule has 1 aromatic rings. The summed E-state index contributed by atoms with van der Waals surface area (Å²) >= 11 is 0. The van der Waals surface area contributed by atoms with Gasteiger partial charge in [0.2, 0.25) is 5.88 Å². The Morgan fingerprint density at radius 3 is 2.43 bits per heavy atom. The van der Waals surface area contributed by atoms with Crippen LogP contribution in [0.3, 0.4) is 0 Å². The van der Waals surface area contributed by atoms with Crippen LogP contribution in [0.25, 0.3) is 0 Å². The normalized spacial score (nSPS) is 11.6. The van der Waals surface area contributed by atoms with Gasteiger partial charge in [-0.25, -0.2) is 13.8 Å². The molecular formula is C12H12F5NO3. The first kappa shape index (κ1) is 17.1. The van der Waals surface area contributed by atoms with Crippen LogP contribution >= 0.6 is 0 Å². The summed E-state index contributed by atoms with van der Waals surface area (Å²) in [5.41, 5.74) is -3.35. The van der Waals surface area contributed by atoms with Crippen molar-refractivity contribution in [1.29, 1.82) is 0 Å². The van der Waals surface area contributed by atoms with E-state index in [-0.39, 0.29) is 6.61 Å². The van der Waals surface area contributed by atoms with Gasteiger partial charge in [0.1, 0.15) is 5.56 Å². The monoisotopic (exact) mass is 313 g/mol. The number of pyridine rings is 1. The van der Waals surface area contributed by atoms with Gasteiger partial charge in [0.25, 0.3) is 6.43 Å². The van der Waals surface area contributed by atoms with E-state index in [1.165, 1.54) is 6.92 Å². The number of aromatic nitrogens is 1. The number of halogens is 5. The van der Waals surface area contributed by atoms with Crippen LogP contribution in [0.15, 0.2) is 6.20 Å². The molecule has 9 heteroatoms. The molecule has 0 unspecified atom stereocenters. The van der Waals surface area contributed by atoms with Crippen molar-refractivity contribution in [3.63, 3.8) is 0 Å². The second-order valence-corrected chi connectivity index (χ2v) is 3.86. The number of ether oxygens (including phenoxy) is 2. The van der Waals surface area contributed by atoms with Crippen LogP contribution in [0, 0.1) is 0 Å². The molecule has 0 aliphatic heterocycles. The van der Waals surface area contributed by atoms with E-state index in [0.29, 0.717) is 6.20 Å². The van der Waals surface area contributed by atoms with Crippen molar-refractivity contribution in [1.82, 2.24) is 4.98 Å². The predicted molar refractivity (Wildman–Crippen MR) is 61.1 cm³/mol. The average molecular weight is 313 g/mol. The summed E-state index contributed by atoms with van der Waals surface area (Å²) in [5.74, 6) is -1.91. The Kier molecular flexibility index (Phi) is 5.45. The molecule has 0 saturated carbocycles. The van der Waals surface area contributed by atoms with Crippen LogP contribution in [0.2, 0.25) is 0 Å². The molecule has 0 bridgehead atoms. The molecule has 0 aromatic carbocycles. The minimum atomic E-state index is -4.99. The van der Waals surface area contributed by atoms with Crippen molar-refractivity contribution in [3.8, 4) is 5.88 Å². The fraction of sp³-hybridized carbons (Fsp3) is 0.500. The maximum atomic E-state index is 13.1. The number of rotatable bonds is 5. The average Bonchev–Trinajstić information content (AvgIpc) is 2.36. The van der Waals surface area contributed by atoms with E-state index in [4.69, 9.17) is 0 Å². The van der Waals surface area contributed by atoms with E-state index in [1.54, 1.807) is 0 Å². The van der Waals surface area contributed by atoms with Gasteiger partial charge >= 0.3 is 12.1 Å². The molecule has 0 N–H and O–H groups in total. The molecule has 0 aliphatic rings. The summed E-state index contributed by atoms with van der Waals surface area (Å²) in [4.78, 5) is 14.6. The fourth-order valence-corrected chi connectivity index (χ4v) is 1.73. The van der Waals surface area contributed by atoms with E-state index in [9.17, 15) is 26.7 Å². The van der Waals surface area contributed by atoms with Gasteiger partial charge in [0.15, 0.2) is 0 Å². The quantitative estimate of drug-likeness (QED) is 0.619. The summed E-state index contributed by atoms with van der Waals surface area (Å²) in [6, 6.07) is 0. The first-order valence-corrected chi connectivity index (χ1v) is 5.79. The highest BCUT2D eigenvalue weighted by atomic mass is 19.4. The molecule has 118 valence electrons. The highest BCUT2D eigenvalue weighted by molar-refractivity contribution is 5.74. The number of methoxy groups -OCH3 is 1. The van der Waals surface area contributed by atoms with E-state index in [1.807, 2.05) is 0 Å². The van der Waals surface area contributed by atoms with Crippen molar-refractivity contribution >= 4 is 5.97 Å². The van der Waals surface area contributed by atoms with Crippen LogP contribution in [0.1, 0.15) is 30.0 Å². The summed E-state index contributed by atoms with van der Waals surface area (Å²) < 4.78 is 73.9. The lowest BCUT2D eigenvalue weighted by molar-refractivity contribution is -0.143. The number of hydrogen-bond donors (Lipinski definition) is 0. The third-order valence-electron chi connectivity index (χ3n) is 2.52. The smallest absolute Gasteiger partial charge is 0.421 e. The standard InChI is InChI=1S/C12H12F5NO3/c1-3-21-8(19)4-6-7(10(13)14)5-18-11(20-2)9(6)12(15,16)17/h5,10H,3-4H2,1-2H3. The number of hydrogen-bond acceptors (Lipinski definition) is 4. The maximum absolute atomic E-state index is 13.1. The molecule has 0 saturated heterocycles. The van der Waals surface area contributed by atoms with Crippen molar-refractivity contribution in [2.45, 2.75) is 25.9 Å². The van der Waals surface area contributed by atoms with Gasteiger partial charge in [0, 0.05) is 11.8 Å². The molecule has 1 aromatic heterocycles. The van der Waals surface area contributed by atoms with Crippen LogP contribution in [0.4, 0.5) is 22.0 Å². The molecule has 1 rings (SSSR count). The zero-order valence-corrected chi connectivity index (χ0v) is 11.1. The number of alkyl halides is 5. The number of carbonyl (C=O) groups is 1.